The molecule has 0 aliphatic heterocycles. The summed E-state index contributed by atoms with van der Waals surface area (Å²) in [5.74, 6) is 0. The van der Waals surface area contributed by atoms with Crippen LogP contribution in [0.1, 0.15) is 11.1 Å². The van der Waals surface area contributed by atoms with Crippen LogP contribution in [0, 0.1) is 6.92 Å². The second-order valence-electron chi connectivity index (χ2n) is 4.90. The van der Waals surface area contributed by atoms with Crippen molar-refractivity contribution in [1.29, 1.82) is 0 Å². The minimum absolute atomic E-state index is 0.327. The van der Waals surface area contributed by atoms with Gasteiger partial charge in [-0.25, -0.2) is 0 Å². The lowest BCUT2D eigenvalue weighted by atomic mass is 10.2. The van der Waals surface area contributed by atoms with E-state index in [2.05, 4.69) is 12.2 Å². The molecule has 106 valence electrons. The van der Waals surface area contributed by atoms with E-state index < -0.39 is 6.10 Å². The molecule has 0 bridgehead atoms. The molecule has 3 nitrogen and oxygen atoms in total. The summed E-state index contributed by atoms with van der Waals surface area (Å²) in [6.45, 7) is 3.39. The first-order valence-electron chi connectivity index (χ1n) is 6.84. The third-order valence-electron chi connectivity index (χ3n) is 3.02. The van der Waals surface area contributed by atoms with Gasteiger partial charge in [-0.15, -0.1) is 0 Å². The molecule has 20 heavy (non-hydrogen) atoms. The largest absolute Gasteiger partial charge is 0.389 e. The van der Waals surface area contributed by atoms with Crippen molar-refractivity contribution in [3.63, 3.8) is 0 Å². The zero-order valence-corrected chi connectivity index (χ0v) is 11.8. The Labute approximate surface area is 120 Å². The normalized spacial score (nSPS) is 12.1. The number of anilines is 1. The number of aliphatic hydroxyl groups excluding tert-OH is 1. The average molecular weight is 271 g/mol. The molecule has 0 amide bonds. The number of benzene rings is 2. The van der Waals surface area contributed by atoms with E-state index in [0.29, 0.717) is 19.8 Å². The van der Waals surface area contributed by atoms with Crippen LogP contribution >= 0.6 is 0 Å². The number of ether oxygens (including phenoxy) is 1. The fraction of sp³-hybridized carbons (Fsp3) is 0.294. The Kier molecular flexibility index (Phi) is 5.59. The topological polar surface area (TPSA) is 41.5 Å². The molecular formula is C17H21NO2. The Morgan fingerprint density at radius 2 is 1.75 bits per heavy atom. The Bertz CT molecular complexity index is 496. The second kappa shape index (κ2) is 7.68. The number of nitrogens with one attached hydrogen (secondary N) is 1. The summed E-state index contributed by atoms with van der Waals surface area (Å²) in [5.41, 5.74) is 3.35. The highest BCUT2D eigenvalue weighted by Gasteiger charge is 2.04. The van der Waals surface area contributed by atoms with E-state index in [0.717, 1.165) is 11.3 Å². The molecule has 0 heterocycles. The summed E-state index contributed by atoms with van der Waals surface area (Å²) in [5, 5.41) is 13.0. The summed E-state index contributed by atoms with van der Waals surface area (Å²) in [4.78, 5) is 0. The molecule has 0 saturated carbocycles. The standard InChI is InChI=1S/C17H21NO2/c1-14-7-9-16(10-8-14)18-11-17(19)13-20-12-15-5-3-2-4-6-15/h2-10,17-19H,11-13H2,1H3. The van der Waals surface area contributed by atoms with E-state index in [1.165, 1.54) is 5.56 Å². The highest BCUT2D eigenvalue weighted by molar-refractivity contribution is 5.44. The van der Waals surface area contributed by atoms with Crippen LogP contribution in [0.3, 0.4) is 0 Å². The van der Waals surface area contributed by atoms with Crippen LogP contribution in [0.15, 0.2) is 54.6 Å². The number of hydrogen-bond donors (Lipinski definition) is 2. The van der Waals surface area contributed by atoms with Gasteiger partial charge in [-0.2, -0.15) is 0 Å². The van der Waals surface area contributed by atoms with Gasteiger partial charge in [0.1, 0.15) is 0 Å². The van der Waals surface area contributed by atoms with Crippen LogP contribution in [0.4, 0.5) is 5.69 Å². The lowest BCUT2D eigenvalue weighted by Crippen LogP contribution is -2.24. The maximum atomic E-state index is 9.86. The molecule has 0 aliphatic rings. The number of hydrogen-bond acceptors (Lipinski definition) is 3. The van der Waals surface area contributed by atoms with Crippen molar-refractivity contribution >= 4 is 5.69 Å². The molecule has 2 aromatic carbocycles. The van der Waals surface area contributed by atoms with Gasteiger partial charge in [0.25, 0.3) is 0 Å². The van der Waals surface area contributed by atoms with Crippen molar-refractivity contribution in [2.75, 3.05) is 18.5 Å². The van der Waals surface area contributed by atoms with Gasteiger partial charge in [0, 0.05) is 12.2 Å². The molecule has 2 rings (SSSR count). The number of aryl methyl sites for hydroxylation is 1. The maximum Gasteiger partial charge on any atom is 0.0945 e. The van der Waals surface area contributed by atoms with E-state index in [1.807, 2.05) is 54.6 Å². The first-order chi connectivity index (χ1) is 9.74. The second-order valence-corrected chi connectivity index (χ2v) is 4.90. The molecule has 2 aromatic rings. The quantitative estimate of drug-likeness (QED) is 0.813. The first kappa shape index (κ1) is 14.6. The van der Waals surface area contributed by atoms with Gasteiger partial charge in [-0.1, -0.05) is 48.0 Å². The highest BCUT2D eigenvalue weighted by atomic mass is 16.5. The van der Waals surface area contributed by atoms with Crippen LogP contribution in [-0.4, -0.2) is 24.4 Å². The predicted octanol–water partition coefficient (Wildman–Crippen LogP) is 2.98. The SMILES string of the molecule is Cc1ccc(NCC(O)COCc2ccccc2)cc1. The van der Waals surface area contributed by atoms with Gasteiger partial charge in [0.05, 0.1) is 19.3 Å². The molecule has 3 heteroatoms. The first-order valence-corrected chi connectivity index (χ1v) is 6.84. The number of rotatable bonds is 7. The van der Waals surface area contributed by atoms with E-state index in [1.54, 1.807) is 0 Å². The van der Waals surface area contributed by atoms with Crippen molar-refractivity contribution in [2.24, 2.45) is 0 Å². The Hall–Kier alpha value is -1.84. The average Bonchev–Trinajstić information content (AvgIpc) is 2.48. The Morgan fingerprint density at radius 3 is 2.45 bits per heavy atom. The zero-order chi connectivity index (χ0) is 14.2. The van der Waals surface area contributed by atoms with Crippen molar-refractivity contribution in [3.05, 3.63) is 65.7 Å². The van der Waals surface area contributed by atoms with E-state index in [4.69, 9.17) is 4.74 Å². The minimum atomic E-state index is -0.514. The van der Waals surface area contributed by atoms with Crippen LogP contribution in [0.2, 0.25) is 0 Å². The van der Waals surface area contributed by atoms with Gasteiger partial charge in [0.15, 0.2) is 0 Å². The lowest BCUT2D eigenvalue weighted by molar-refractivity contribution is 0.0348. The third-order valence-corrected chi connectivity index (χ3v) is 3.02. The van der Waals surface area contributed by atoms with Gasteiger partial charge in [-0.05, 0) is 24.6 Å². The molecule has 0 saturated heterocycles. The predicted molar refractivity (Wildman–Crippen MR) is 81.8 cm³/mol. The maximum absolute atomic E-state index is 9.86. The summed E-state index contributed by atoms with van der Waals surface area (Å²) in [6.07, 6.45) is -0.514. The fourth-order valence-corrected chi connectivity index (χ4v) is 1.85. The van der Waals surface area contributed by atoms with Gasteiger partial charge in [-0.3, -0.25) is 0 Å². The van der Waals surface area contributed by atoms with Gasteiger partial charge >= 0.3 is 0 Å². The minimum Gasteiger partial charge on any atom is -0.389 e. The molecule has 0 aliphatic carbocycles. The van der Waals surface area contributed by atoms with Crippen molar-refractivity contribution in [3.8, 4) is 0 Å². The van der Waals surface area contributed by atoms with Crippen LogP contribution < -0.4 is 5.32 Å². The summed E-state index contributed by atoms with van der Waals surface area (Å²) >= 11 is 0. The van der Waals surface area contributed by atoms with E-state index in [9.17, 15) is 5.11 Å². The summed E-state index contributed by atoms with van der Waals surface area (Å²) in [6, 6.07) is 18.1. The molecule has 0 spiro atoms. The molecule has 0 fully saturated rings. The van der Waals surface area contributed by atoms with Crippen molar-refractivity contribution < 1.29 is 9.84 Å². The Balaban J connectivity index is 1.65. The molecule has 2 N–H and O–H groups in total. The van der Waals surface area contributed by atoms with Crippen molar-refractivity contribution in [2.45, 2.75) is 19.6 Å². The fourth-order valence-electron chi connectivity index (χ4n) is 1.85. The lowest BCUT2D eigenvalue weighted by Gasteiger charge is -2.13. The smallest absolute Gasteiger partial charge is 0.0945 e. The molecule has 1 unspecified atom stereocenters. The molecule has 0 aromatic heterocycles. The molecular weight excluding hydrogens is 250 g/mol. The van der Waals surface area contributed by atoms with Crippen LogP contribution in [0.5, 0.6) is 0 Å². The Morgan fingerprint density at radius 1 is 1.05 bits per heavy atom. The van der Waals surface area contributed by atoms with Gasteiger partial charge in [0.2, 0.25) is 0 Å². The third kappa shape index (κ3) is 5.03. The van der Waals surface area contributed by atoms with Crippen molar-refractivity contribution in [1.82, 2.24) is 0 Å². The van der Waals surface area contributed by atoms with Gasteiger partial charge < -0.3 is 15.2 Å². The summed E-state index contributed by atoms with van der Waals surface area (Å²) < 4.78 is 5.50. The summed E-state index contributed by atoms with van der Waals surface area (Å²) in [7, 11) is 0. The molecule has 1 atom stereocenters. The highest BCUT2D eigenvalue weighted by Crippen LogP contribution is 2.08. The van der Waals surface area contributed by atoms with E-state index >= 15 is 0 Å². The monoisotopic (exact) mass is 271 g/mol. The zero-order valence-electron chi connectivity index (χ0n) is 11.8. The number of aliphatic hydroxyl groups is 1. The van der Waals surface area contributed by atoms with E-state index in [-0.39, 0.29) is 0 Å². The van der Waals surface area contributed by atoms with Crippen LogP contribution in [0.25, 0.3) is 0 Å². The van der Waals surface area contributed by atoms with Crippen LogP contribution in [-0.2, 0) is 11.3 Å². The molecule has 0 radical (unpaired) electrons.